The van der Waals surface area contributed by atoms with E-state index in [9.17, 15) is 19.2 Å². The minimum atomic E-state index is -1.04. The summed E-state index contributed by atoms with van der Waals surface area (Å²) >= 11 is 0. The maximum atomic E-state index is 13.9. The fraction of sp³-hybridized carbons (Fsp3) is 0.571. The van der Waals surface area contributed by atoms with E-state index in [0.29, 0.717) is 11.1 Å². The van der Waals surface area contributed by atoms with E-state index < -0.39 is 47.6 Å². The van der Waals surface area contributed by atoms with Gasteiger partial charge in [-0.15, -0.1) is 6.42 Å². The van der Waals surface area contributed by atoms with Crippen LogP contribution in [0.2, 0.25) is 0 Å². The van der Waals surface area contributed by atoms with Gasteiger partial charge in [0.25, 0.3) is 0 Å². The predicted molar refractivity (Wildman–Crippen MR) is 141 cm³/mol. The Balaban J connectivity index is 3.37. The van der Waals surface area contributed by atoms with Gasteiger partial charge < -0.3 is 25.0 Å². The van der Waals surface area contributed by atoms with E-state index in [0.717, 1.165) is 0 Å². The number of esters is 1. The second kappa shape index (κ2) is 14.3. The van der Waals surface area contributed by atoms with E-state index in [2.05, 4.69) is 16.6 Å². The molecule has 0 radical (unpaired) electrons. The summed E-state index contributed by atoms with van der Waals surface area (Å²) in [5, 5.41) is 5.42. The normalized spacial score (nSPS) is 12.8. The Bertz CT molecular complexity index is 973. The van der Waals surface area contributed by atoms with Crippen LogP contribution < -0.4 is 10.6 Å². The molecular formula is C28H41N3O6. The Labute approximate surface area is 220 Å². The number of carbonyl (C=O) groups is 4. The van der Waals surface area contributed by atoms with Gasteiger partial charge in [0.1, 0.15) is 17.7 Å². The van der Waals surface area contributed by atoms with Crippen molar-refractivity contribution in [1.29, 1.82) is 0 Å². The molecule has 2 unspecified atom stereocenters. The van der Waals surface area contributed by atoms with Gasteiger partial charge in [-0.25, -0.2) is 4.79 Å². The number of alkyl carbamates (subject to hydrolysis) is 1. The number of nitrogens with one attached hydrogen (secondary N) is 2. The van der Waals surface area contributed by atoms with Crippen molar-refractivity contribution in [2.24, 2.45) is 5.92 Å². The maximum absolute atomic E-state index is 13.9. The van der Waals surface area contributed by atoms with Gasteiger partial charge in [-0.3, -0.25) is 14.4 Å². The zero-order valence-corrected chi connectivity index (χ0v) is 23.2. The molecule has 0 aliphatic carbocycles. The average molecular weight is 516 g/mol. The van der Waals surface area contributed by atoms with E-state index in [1.165, 1.54) is 4.90 Å². The largest absolute Gasteiger partial charge is 0.466 e. The van der Waals surface area contributed by atoms with E-state index in [-0.39, 0.29) is 25.5 Å². The lowest BCUT2D eigenvalue weighted by Crippen LogP contribution is -2.56. The summed E-state index contributed by atoms with van der Waals surface area (Å²) in [5.41, 5.74) is 0.417. The number of benzene rings is 1. The van der Waals surface area contributed by atoms with E-state index in [1.807, 2.05) is 0 Å². The SMILES string of the molecule is C#Cc1ccc(C(C(=O)NCCC(=O)OCC)N(C(=O)C(NC(=O)OC(C)(C)C)C(C)C)C(C)C)cc1. The number of nitrogens with zero attached hydrogens (tertiary/aromatic N) is 1. The van der Waals surface area contributed by atoms with Gasteiger partial charge >= 0.3 is 12.1 Å². The second-order valence-corrected chi connectivity index (χ2v) is 10.2. The molecule has 0 aromatic heterocycles. The van der Waals surface area contributed by atoms with Gasteiger partial charge in [0.15, 0.2) is 0 Å². The molecule has 204 valence electrons. The standard InChI is InChI=1S/C28H41N3O6/c1-10-20-12-14-21(15-13-20)24(25(33)29-17-16-22(32)36-11-2)31(19(5)6)26(34)23(18(3)4)30-27(35)37-28(7,8)9/h1,12-15,18-19,23-24H,11,16-17H2,2-9H3,(H,29,33)(H,30,35). The van der Waals surface area contributed by atoms with Crippen molar-refractivity contribution in [3.63, 3.8) is 0 Å². The zero-order valence-electron chi connectivity index (χ0n) is 23.2. The van der Waals surface area contributed by atoms with Crippen LogP contribution in [0.15, 0.2) is 24.3 Å². The molecule has 0 aliphatic heterocycles. The molecule has 2 atom stereocenters. The average Bonchev–Trinajstić information content (AvgIpc) is 2.79. The summed E-state index contributed by atoms with van der Waals surface area (Å²) in [7, 11) is 0. The van der Waals surface area contributed by atoms with Crippen LogP contribution in [-0.2, 0) is 23.9 Å². The van der Waals surface area contributed by atoms with Crippen LogP contribution in [0.1, 0.15) is 79.0 Å². The minimum absolute atomic E-state index is 0.00717. The smallest absolute Gasteiger partial charge is 0.408 e. The molecule has 0 saturated heterocycles. The molecule has 9 heteroatoms. The van der Waals surface area contributed by atoms with Gasteiger partial charge in [-0.2, -0.15) is 0 Å². The van der Waals surface area contributed by atoms with Crippen LogP contribution >= 0.6 is 0 Å². The lowest BCUT2D eigenvalue weighted by atomic mass is 9.97. The van der Waals surface area contributed by atoms with Crippen LogP contribution in [0.4, 0.5) is 4.79 Å². The number of hydrogen-bond acceptors (Lipinski definition) is 6. The van der Waals surface area contributed by atoms with E-state index in [1.54, 1.807) is 79.7 Å². The molecule has 0 spiro atoms. The van der Waals surface area contributed by atoms with Crippen molar-refractivity contribution in [2.45, 2.75) is 85.5 Å². The third-order valence-corrected chi connectivity index (χ3v) is 5.27. The fourth-order valence-electron chi connectivity index (χ4n) is 3.61. The first-order valence-electron chi connectivity index (χ1n) is 12.5. The third kappa shape index (κ3) is 10.2. The predicted octanol–water partition coefficient (Wildman–Crippen LogP) is 3.56. The Hall–Kier alpha value is -3.54. The van der Waals surface area contributed by atoms with Crippen LogP contribution in [0.25, 0.3) is 0 Å². The molecular weight excluding hydrogens is 474 g/mol. The summed E-state index contributed by atoms with van der Waals surface area (Å²) in [4.78, 5) is 53.1. The first-order chi connectivity index (χ1) is 17.2. The minimum Gasteiger partial charge on any atom is -0.466 e. The monoisotopic (exact) mass is 515 g/mol. The summed E-state index contributed by atoms with van der Waals surface area (Å²) < 4.78 is 10.3. The summed E-state index contributed by atoms with van der Waals surface area (Å²) in [6.45, 7) is 14.4. The molecule has 0 bridgehead atoms. The Morgan fingerprint density at radius 3 is 2.11 bits per heavy atom. The molecule has 0 fully saturated rings. The van der Waals surface area contributed by atoms with Crippen molar-refractivity contribution < 1.29 is 28.7 Å². The first kappa shape index (κ1) is 31.5. The number of amides is 3. The van der Waals surface area contributed by atoms with Crippen molar-refractivity contribution >= 4 is 23.9 Å². The molecule has 37 heavy (non-hydrogen) atoms. The second-order valence-electron chi connectivity index (χ2n) is 10.2. The first-order valence-corrected chi connectivity index (χ1v) is 12.5. The highest BCUT2D eigenvalue weighted by Crippen LogP contribution is 2.26. The van der Waals surface area contributed by atoms with Gasteiger partial charge in [0.2, 0.25) is 11.8 Å². The Morgan fingerprint density at radius 2 is 1.65 bits per heavy atom. The highest BCUT2D eigenvalue weighted by atomic mass is 16.6. The number of rotatable bonds is 11. The highest BCUT2D eigenvalue weighted by Gasteiger charge is 2.38. The Morgan fingerprint density at radius 1 is 1.05 bits per heavy atom. The van der Waals surface area contributed by atoms with Crippen molar-refractivity contribution in [2.75, 3.05) is 13.2 Å². The topological polar surface area (TPSA) is 114 Å². The van der Waals surface area contributed by atoms with Crippen molar-refractivity contribution in [3.8, 4) is 12.3 Å². The van der Waals surface area contributed by atoms with Gasteiger partial charge in [-0.05, 0) is 65.2 Å². The van der Waals surface area contributed by atoms with Gasteiger partial charge in [0, 0.05) is 18.2 Å². The molecule has 1 aromatic carbocycles. The molecule has 9 nitrogen and oxygen atoms in total. The maximum Gasteiger partial charge on any atom is 0.408 e. The third-order valence-electron chi connectivity index (χ3n) is 5.27. The number of terminal acetylenes is 1. The van der Waals surface area contributed by atoms with E-state index >= 15 is 0 Å². The lowest BCUT2D eigenvalue weighted by molar-refractivity contribution is -0.146. The van der Waals surface area contributed by atoms with Gasteiger partial charge in [-0.1, -0.05) is 31.9 Å². The molecule has 0 saturated carbocycles. The zero-order chi connectivity index (χ0) is 28.3. The molecule has 1 aromatic rings. The summed E-state index contributed by atoms with van der Waals surface area (Å²) in [6.07, 6.45) is 4.75. The highest BCUT2D eigenvalue weighted by molar-refractivity contribution is 5.92. The molecule has 0 heterocycles. The van der Waals surface area contributed by atoms with Crippen LogP contribution in [0.5, 0.6) is 0 Å². The molecule has 1 rings (SSSR count). The fourth-order valence-corrected chi connectivity index (χ4v) is 3.61. The van der Waals surface area contributed by atoms with E-state index in [4.69, 9.17) is 15.9 Å². The van der Waals surface area contributed by atoms with Crippen LogP contribution in [0.3, 0.4) is 0 Å². The summed E-state index contributed by atoms with van der Waals surface area (Å²) in [5.74, 6) is 0.892. The van der Waals surface area contributed by atoms with Crippen molar-refractivity contribution in [1.82, 2.24) is 15.5 Å². The quantitative estimate of drug-likeness (QED) is 0.344. The van der Waals surface area contributed by atoms with Crippen LogP contribution in [-0.4, -0.2) is 59.6 Å². The van der Waals surface area contributed by atoms with Crippen LogP contribution in [0, 0.1) is 18.3 Å². The summed E-state index contributed by atoms with van der Waals surface area (Å²) in [6, 6.07) is 4.37. The molecule has 2 N–H and O–H groups in total. The number of ether oxygens (including phenoxy) is 2. The lowest BCUT2D eigenvalue weighted by Gasteiger charge is -2.38. The number of hydrogen-bond donors (Lipinski definition) is 2. The molecule has 0 aliphatic rings. The molecule has 3 amide bonds. The number of carbonyl (C=O) groups excluding carboxylic acids is 4. The van der Waals surface area contributed by atoms with Gasteiger partial charge in [0.05, 0.1) is 13.0 Å². The van der Waals surface area contributed by atoms with Crippen molar-refractivity contribution in [3.05, 3.63) is 35.4 Å². The Kier molecular flexibility index (Phi) is 12.1.